The fourth-order valence-corrected chi connectivity index (χ4v) is 2.76. The number of nitrogens with one attached hydrogen (secondary N) is 1. The molecule has 0 saturated carbocycles. The van der Waals surface area contributed by atoms with Gasteiger partial charge in [-0.1, -0.05) is 30.3 Å². The summed E-state index contributed by atoms with van der Waals surface area (Å²) in [6.45, 7) is 7.12. The number of anilines is 1. The van der Waals surface area contributed by atoms with E-state index in [0.29, 0.717) is 17.3 Å². The lowest BCUT2D eigenvalue weighted by Gasteiger charge is -2.30. The molecule has 4 nitrogen and oxygen atoms in total. The van der Waals surface area contributed by atoms with Crippen LogP contribution < -0.4 is 5.32 Å². The molecule has 0 aliphatic rings. The molecule has 0 aliphatic heterocycles. The number of ether oxygens (including phenoxy) is 1. The molecular formula is C20H24N2O2S. The van der Waals surface area contributed by atoms with Crippen LogP contribution in [0.2, 0.25) is 0 Å². The summed E-state index contributed by atoms with van der Waals surface area (Å²) in [6.07, 6.45) is 0. The molecule has 0 aliphatic carbocycles. The first-order chi connectivity index (χ1) is 12.0. The van der Waals surface area contributed by atoms with Gasteiger partial charge in [0.1, 0.15) is 0 Å². The molecule has 0 bridgehead atoms. The van der Waals surface area contributed by atoms with E-state index in [1.807, 2.05) is 30.3 Å². The van der Waals surface area contributed by atoms with Crippen LogP contribution in [0.5, 0.6) is 0 Å². The smallest absolute Gasteiger partial charge is 0.338 e. The Bertz CT molecular complexity index is 699. The first-order valence-electron chi connectivity index (χ1n) is 8.40. The van der Waals surface area contributed by atoms with Crippen LogP contribution in [0.25, 0.3) is 0 Å². The average molecular weight is 356 g/mol. The lowest BCUT2D eigenvalue weighted by Crippen LogP contribution is -2.39. The summed E-state index contributed by atoms with van der Waals surface area (Å²) < 4.78 is 4.99. The van der Waals surface area contributed by atoms with E-state index < -0.39 is 0 Å². The van der Waals surface area contributed by atoms with Crippen molar-refractivity contribution in [1.82, 2.24) is 4.90 Å². The monoisotopic (exact) mass is 356 g/mol. The minimum Gasteiger partial charge on any atom is -0.462 e. The summed E-state index contributed by atoms with van der Waals surface area (Å²) in [6, 6.07) is 17.6. The molecule has 0 amide bonds. The van der Waals surface area contributed by atoms with Crippen LogP contribution in [-0.4, -0.2) is 28.6 Å². The van der Waals surface area contributed by atoms with E-state index >= 15 is 0 Å². The predicted molar refractivity (Wildman–Crippen MR) is 106 cm³/mol. The Morgan fingerprint density at radius 2 is 1.76 bits per heavy atom. The van der Waals surface area contributed by atoms with Crippen molar-refractivity contribution in [2.24, 2.45) is 0 Å². The maximum Gasteiger partial charge on any atom is 0.338 e. The van der Waals surface area contributed by atoms with E-state index in [0.717, 1.165) is 12.2 Å². The van der Waals surface area contributed by atoms with Gasteiger partial charge in [0.05, 0.1) is 12.2 Å². The molecule has 132 valence electrons. The second kappa shape index (κ2) is 9.18. The lowest BCUT2D eigenvalue weighted by molar-refractivity contribution is 0.0526. The van der Waals surface area contributed by atoms with Gasteiger partial charge in [-0.15, -0.1) is 0 Å². The number of esters is 1. The van der Waals surface area contributed by atoms with Crippen LogP contribution in [-0.2, 0) is 11.3 Å². The van der Waals surface area contributed by atoms with Crippen LogP contribution >= 0.6 is 12.2 Å². The number of benzene rings is 2. The number of hydrogen-bond acceptors (Lipinski definition) is 3. The van der Waals surface area contributed by atoms with E-state index in [1.54, 1.807) is 19.1 Å². The van der Waals surface area contributed by atoms with E-state index in [2.05, 4.69) is 36.2 Å². The van der Waals surface area contributed by atoms with Crippen molar-refractivity contribution in [2.45, 2.75) is 33.4 Å². The van der Waals surface area contributed by atoms with Gasteiger partial charge in [-0.2, -0.15) is 0 Å². The van der Waals surface area contributed by atoms with Crippen LogP contribution in [0.4, 0.5) is 5.69 Å². The van der Waals surface area contributed by atoms with Gasteiger partial charge in [0.15, 0.2) is 5.11 Å². The van der Waals surface area contributed by atoms with Crippen LogP contribution in [0.1, 0.15) is 36.7 Å². The summed E-state index contributed by atoms with van der Waals surface area (Å²) in [7, 11) is 0. The number of carbonyl (C=O) groups excluding carboxylic acids is 1. The molecule has 0 spiro atoms. The lowest BCUT2D eigenvalue weighted by atomic mass is 10.2. The second-order valence-electron chi connectivity index (χ2n) is 5.94. The quantitative estimate of drug-likeness (QED) is 0.611. The van der Waals surface area contributed by atoms with Gasteiger partial charge in [-0.05, 0) is 62.8 Å². The van der Waals surface area contributed by atoms with E-state index in [9.17, 15) is 4.79 Å². The first kappa shape index (κ1) is 18.9. The molecule has 0 saturated heterocycles. The summed E-state index contributed by atoms with van der Waals surface area (Å²) in [5.41, 5.74) is 2.58. The van der Waals surface area contributed by atoms with Crippen molar-refractivity contribution in [3.05, 3.63) is 65.7 Å². The molecule has 0 unspecified atom stereocenters. The topological polar surface area (TPSA) is 41.6 Å². The minimum atomic E-state index is -0.315. The van der Waals surface area contributed by atoms with Gasteiger partial charge in [0, 0.05) is 18.3 Å². The van der Waals surface area contributed by atoms with E-state index in [1.165, 1.54) is 5.56 Å². The Hall–Kier alpha value is -2.40. The first-order valence-corrected chi connectivity index (χ1v) is 8.80. The highest BCUT2D eigenvalue weighted by Crippen LogP contribution is 2.14. The van der Waals surface area contributed by atoms with Gasteiger partial charge >= 0.3 is 5.97 Å². The molecule has 0 fully saturated rings. The zero-order valence-corrected chi connectivity index (χ0v) is 15.7. The molecule has 5 heteroatoms. The molecule has 1 N–H and O–H groups in total. The fourth-order valence-electron chi connectivity index (χ4n) is 2.37. The minimum absolute atomic E-state index is 0.263. The Labute approximate surface area is 154 Å². The fraction of sp³-hybridized carbons (Fsp3) is 0.300. The molecule has 0 radical (unpaired) electrons. The Balaban J connectivity index is 2.04. The second-order valence-corrected chi connectivity index (χ2v) is 6.32. The third-order valence-electron chi connectivity index (χ3n) is 3.73. The zero-order chi connectivity index (χ0) is 18.2. The van der Waals surface area contributed by atoms with Gasteiger partial charge in [-0.25, -0.2) is 4.79 Å². The van der Waals surface area contributed by atoms with Gasteiger partial charge in [0.25, 0.3) is 0 Å². The van der Waals surface area contributed by atoms with Crippen molar-refractivity contribution in [2.75, 3.05) is 11.9 Å². The normalized spacial score (nSPS) is 10.4. The number of hydrogen-bond donors (Lipinski definition) is 1. The third kappa shape index (κ3) is 5.57. The molecule has 2 aromatic rings. The Morgan fingerprint density at radius 1 is 1.12 bits per heavy atom. The highest BCUT2D eigenvalue weighted by Gasteiger charge is 2.14. The maximum atomic E-state index is 11.7. The van der Waals surface area contributed by atoms with Crippen molar-refractivity contribution in [3.63, 3.8) is 0 Å². The third-order valence-corrected chi connectivity index (χ3v) is 4.06. The highest BCUT2D eigenvalue weighted by atomic mass is 32.1. The largest absolute Gasteiger partial charge is 0.462 e. The molecule has 0 aromatic heterocycles. The number of thiocarbonyl (C=S) groups is 1. The summed E-state index contributed by atoms with van der Waals surface area (Å²) >= 11 is 5.58. The van der Waals surface area contributed by atoms with Crippen molar-refractivity contribution in [3.8, 4) is 0 Å². The molecule has 25 heavy (non-hydrogen) atoms. The van der Waals surface area contributed by atoms with Crippen LogP contribution in [0, 0.1) is 0 Å². The van der Waals surface area contributed by atoms with Gasteiger partial charge in [-0.3, -0.25) is 0 Å². The van der Waals surface area contributed by atoms with Crippen LogP contribution in [0.3, 0.4) is 0 Å². The number of carbonyl (C=O) groups is 1. The Morgan fingerprint density at radius 3 is 2.32 bits per heavy atom. The number of rotatable bonds is 6. The molecule has 0 heterocycles. The summed E-state index contributed by atoms with van der Waals surface area (Å²) in [4.78, 5) is 13.8. The predicted octanol–water partition coefficient (Wildman–Crippen LogP) is 4.47. The van der Waals surface area contributed by atoms with Crippen LogP contribution in [0.15, 0.2) is 54.6 Å². The Kier molecular flexibility index (Phi) is 6.95. The van der Waals surface area contributed by atoms with E-state index in [4.69, 9.17) is 17.0 Å². The van der Waals surface area contributed by atoms with E-state index in [-0.39, 0.29) is 12.0 Å². The standard InChI is InChI=1S/C20H24N2O2S/c1-4-24-19(23)17-10-12-18(13-11-17)21-20(25)22(15(2)3)14-16-8-6-5-7-9-16/h5-13,15H,4,14H2,1-3H3,(H,21,25). The molecule has 2 aromatic carbocycles. The molecule has 0 atom stereocenters. The van der Waals surface area contributed by atoms with Gasteiger partial charge < -0.3 is 15.0 Å². The highest BCUT2D eigenvalue weighted by molar-refractivity contribution is 7.80. The van der Waals surface area contributed by atoms with Crippen molar-refractivity contribution in [1.29, 1.82) is 0 Å². The molecule has 2 rings (SSSR count). The maximum absolute atomic E-state index is 11.7. The SMILES string of the molecule is CCOC(=O)c1ccc(NC(=S)N(Cc2ccccc2)C(C)C)cc1. The average Bonchev–Trinajstić information content (AvgIpc) is 2.61. The van der Waals surface area contributed by atoms with Crippen molar-refractivity contribution < 1.29 is 9.53 Å². The van der Waals surface area contributed by atoms with Crippen molar-refractivity contribution >= 4 is 29.0 Å². The summed E-state index contributed by atoms with van der Waals surface area (Å²) in [5.74, 6) is -0.315. The zero-order valence-electron chi connectivity index (χ0n) is 14.9. The molecular weight excluding hydrogens is 332 g/mol. The summed E-state index contributed by atoms with van der Waals surface area (Å²) in [5, 5.41) is 3.90. The van der Waals surface area contributed by atoms with Gasteiger partial charge in [0.2, 0.25) is 0 Å². The number of nitrogens with zero attached hydrogens (tertiary/aromatic N) is 1.